The Bertz CT molecular complexity index is 908. The standard InChI is InChI=1S/C16H15N5OS/c1-21-12(22)9-8-11(20-21)13-14(10-6-4-3-5-7-10)18-16(17)19-15(13)23-2/h3-9H,1-2H3,(H2,17,18,19). The first-order valence-corrected chi connectivity index (χ1v) is 8.14. The molecule has 0 aliphatic heterocycles. The third-order valence-electron chi connectivity index (χ3n) is 3.35. The van der Waals surface area contributed by atoms with Crippen molar-refractivity contribution in [3.05, 3.63) is 52.8 Å². The monoisotopic (exact) mass is 325 g/mol. The molecule has 0 bridgehead atoms. The Hall–Kier alpha value is -2.67. The lowest BCUT2D eigenvalue weighted by molar-refractivity contribution is 0.711. The third-order valence-corrected chi connectivity index (χ3v) is 4.03. The molecule has 0 saturated carbocycles. The minimum atomic E-state index is -0.169. The van der Waals surface area contributed by atoms with E-state index in [0.717, 1.165) is 16.2 Å². The van der Waals surface area contributed by atoms with Crippen molar-refractivity contribution in [1.82, 2.24) is 19.7 Å². The number of rotatable bonds is 3. The molecule has 0 radical (unpaired) electrons. The zero-order chi connectivity index (χ0) is 16.4. The molecule has 3 rings (SSSR count). The summed E-state index contributed by atoms with van der Waals surface area (Å²) in [5.41, 5.74) is 8.72. The number of nitrogen functional groups attached to an aromatic ring is 1. The highest BCUT2D eigenvalue weighted by Crippen LogP contribution is 2.35. The Kier molecular flexibility index (Phi) is 4.12. The van der Waals surface area contributed by atoms with Crippen LogP contribution in [0.3, 0.4) is 0 Å². The lowest BCUT2D eigenvalue weighted by Gasteiger charge is -2.13. The maximum Gasteiger partial charge on any atom is 0.266 e. The molecule has 3 aromatic rings. The van der Waals surface area contributed by atoms with Gasteiger partial charge in [-0.3, -0.25) is 4.79 Å². The van der Waals surface area contributed by atoms with Gasteiger partial charge < -0.3 is 5.73 Å². The molecule has 7 heteroatoms. The van der Waals surface area contributed by atoms with Crippen molar-refractivity contribution in [3.63, 3.8) is 0 Å². The van der Waals surface area contributed by atoms with Crippen molar-refractivity contribution in [2.24, 2.45) is 7.05 Å². The van der Waals surface area contributed by atoms with E-state index in [4.69, 9.17) is 5.73 Å². The van der Waals surface area contributed by atoms with Crippen LogP contribution >= 0.6 is 11.8 Å². The van der Waals surface area contributed by atoms with E-state index in [-0.39, 0.29) is 11.5 Å². The molecule has 0 unspecified atom stereocenters. The fourth-order valence-corrected chi connectivity index (χ4v) is 2.87. The SMILES string of the molecule is CSc1nc(N)nc(-c2ccccc2)c1-c1ccc(=O)n(C)n1. The predicted molar refractivity (Wildman–Crippen MR) is 92.1 cm³/mol. The third kappa shape index (κ3) is 2.95. The molecule has 2 heterocycles. The van der Waals surface area contributed by atoms with Gasteiger partial charge in [0, 0.05) is 18.7 Å². The summed E-state index contributed by atoms with van der Waals surface area (Å²) in [7, 11) is 1.62. The van der Waals surface area contributed by atoms with Crippen LogP contribution in [0.25, 0.3) is 22.5 Å². The quantitative estimate of drug-likeness (QED) is 0.587. The number of hydrogen-bond donors (Lipinski definition) is 1. The molecule has 1 aromatic carbocycles. The zero-order valence-corrected chi connectivity index (χ0v) is 13.5. The summed E-state index contributed by atoms with van der Waals surface area (Å²) < 4.78 is 1.30. The molecule has 0 spiro atoms. The fraction of sp³-hybridized carbons (Fsp3) is 0.125. The number of aromatic nitrogens is 4. The first-order chi connectivity index (χ1) is 11.1. The van der Waals surface area contributed by atoms with Crippen LogP contribution in [0, 0.1) is 0 Å². The van der Waals surface area contributed by atoms with Crippen LogP contribution in [0.2, 0.25) is 0 Å². The first kappa shape index (κ1) is 15.2. The summed E-state index contributed by atoms with van der Waals surface area (Å²) in [5.74, 6) is 0.210. The summed E-state index contributed by atoms with van der Waals surface area (Å²) in [6, 6.07) is 12.9. The van der Waals surface area contributed by atoms with Crippen LogP contribution in [0.5, 0.6) is 0 Å². The molecule has 0 amide bonds. The molecule has 0 fully saturated rings. The Labute approximate surface area is 137 Å². The van der Waals surface area contributed by atoms with Gasteiger partial charge in [-0.1, -0.05) is 30.3 Å². The molecule has 0 saturated heterocycles. The van der Waals surface area contributed by atoms with Gasteiger partial charge in [0.1, 0.15) is 5.03 Å². The molecular weight excluding hydrogens is 310 g/mol. The summed E-state index contributed by atoms with van der Waals surface area (Å²) in [4.78, 5) is 20.3. The van der Waals surface area contributed by atoms with Crippen LogP contribution in [0.1, 0.15) is 0 Å². The summed E-state index contributed by atoms with van der Waals surface area (Å²) in [6.45, 7) is 0. The molecule has 2 aromatic heterocycles. The second kappa shape index (κ2) is 6.21. The van der Waals surface area contributed by atoms with Gasteiger partial charge in [0.05, 0.1) is 17.0 Å². The lowest BCUT2D eigenvalue weighted by Crippen LogP contribution is -2.18. The Morgan fingerprint density at radius 2 is 1.83 bits per heavy atom. The number of hydrogen-bond acceptors (Lipinski definition) is 6. The number of benzene rings is 1. The largest absolute Gasteiger partial charge is 0.368 e. The molecule has 2 N–H and O–H groups in total. The van der Waals surface area contributed by atoms with Crippen LogP contribution in [-0.2, 0) is 7.05 Å². The summed E-state index contributed by atoms with van der Waals surface area (Å²) in [6.07, 6.45) is 1.92. The van der Waals surface area contributed by atoms with Crippen LogP contribution in [0.4, 0.5) is 5.95 Å². The van der Waals surface area contributed by atoms with Crippen molar-refractivity contribution in [2.75, 3.05) is 12.0 Å². The van der Waals surface area contributed by atoms with Gasteiger partial charge in [-0.05, 0) is 12.3 Å². The van der Waals surface area contributed by atoms with E-state index < -0.39 is 0 Å². The maximum absolute atomic E-state index is 11.6. The summed E-state index contributed by atoms with van der Waals surface area (Å²) in [5, 5.41) is 5.06. The highest BCUT2D eigenvalue weighted by Gasteiger charge is 2.18. The van der Waals surface area contributed by atoms with Crippen molar-refractivity contribution in [2.45, 2.75) is 5.03 Å². The first-order valence-electron chi connectivity index (χ1n) is 6.92. The zero-order valence-electron chi connectivity index (χ0n) is 12.7. The normalized spacial score (nSPS) is 10.7. The molecule has 0 aliphatic carbocycles. The number of thioether (sulfide) groups is 1. The molecule has 23 heavy (non-hydrogen) atoms. The van der Waals surface area contributed by atoms with Gasteiger partial charge in [-0.15, -0.1) is 11.8 Å². The van der Waals surface area contributed by atoms with E-state index in [2.05, 4.69) is 15.1 Å². The fourth-order valence-electron chi connectivity index (χ4n) is 2.28. The van der Waals surface area contributed by atoms with Crippen molar-refractivity contribution < 1.29 is 0 Å². The predicted octanol–water partition coefficient (Wildman–Crippen LogP) is 2.21. The Morgan fingerprint density at radius 1 is 1.09 bits per heavy atom. The number of nitrogens with zero attached hydrogens (tertiary/aromatic N) is 4. The lowest BCUT2D eigenvalue weighted by atomic mass is 10.0. The molecule has 6 nitrogen and oxygen atoms in total. The van der Waals surface area contributed by atoms with E-state index in [1.807, 2.05) is 36.6 Å². The van der Waals surface area contributed by atoms with E-state index >= 15 is 0 Å². The van der Waals surface area contributed by atoms with E-state index in [1.165, 1.54) is 22.5 Å². The second-order valence-corrected chi connectivity index (χ2v) is 5.66. The number of nitrogens with two attached hydrogens (primary N) is 1. The van der Waals surface area contributed by atoms with Crippen LogP contribution in [0.15, 0.2) is 52.3 Å². The van der Waals surface area contributed by atoms with Crippen molar-refractivity contribution in [1.29, 1.82) is 0 Å². The Morgan fingerprint density at radius 3 is 2.48 bits per heavy atom. The van der Waals surface area contributed by atoms with Gasteiger partial charge in [-0.2, -0.15) is 5.10 Å². The second-order valence-electron chi connectivity index (χ2n) is 4.86. The van der Waals surface area contributed by atoms with E-state index in [9.17, 15) is 4.79 Å². The highest BCUT2D eigenvalue weighted by atomic mass is 32.2. The molecular formula is C16H15N5OS. The maximum atomic E-state index is 11.6. The van der Waals surface area contributed by atoms with Gasteiger partial charge in [-0.25, -0.2) is 14.6 Å². The minimum Gasteiger partial charge on any atom is -0.368 e. The average molecular weight is 325 g/mol. The minimum absolute atomic E-state index is 0.169. The highest BCUT2D eigenvalue weighted by molar-refractivity contribution is 7.98. The Balaban J connectivity index is 2.33. The summed E-state index contributed by atoms with van der Waals surface area (Å²) >= 11 is 1.46. The molecule has 0 aliphatic rings. The smallest absolute Gasteiger partial charge is 0.266 e. The van der Waals surface area contributed by atoms with Crippen molar-refractivity contribution in [3.8, 4) is 22.5 Å². The van der Waals surface area contributed by atoms with Crippen molar-refractivity contribution >= 4 is 17.7 Å². The van der Waals surface area contributed by atoms with E-state index in [0.29, 0.717) is 11.4 Å². The number of aryl methyl sites for hydroxylation is 1. The van der Waals surface area contributed by atoms with Gasteiger partial charge in [0.15, 0.2) is 0 Å². The molecule has 0 atom stereocenters. The van der Waals surface area contributed by atoms with Gasteiger partial charge in [0.2, 0.25) is 5.95 Å². The van der Waals surface area contributed by atoms with Gasteiger partial charge >= 0.3 is 0 Å². The number of anilines is 1. The average Bonchev–Trinajstić information content (AvgIpc) is 2.57. The van der Waals surface area contributed by atoms with E-state index in [1.54, 1.807) is 13.1 Å². The van der Waals surface area contributed by atoms with Gasteiger partial charge in [0.25, 0.3) is 5.56 Å². The van der Waals surface area contributed by atoms with Crippen LogP contribution in [-0.4, -0.2) is 26.0 Å². The van der Waals surface area contributed by atoms with Crippen LogP contribution < -0.4 is 11.3 Å². The topological polar surface area (TPSA) is 86.7 Å². The molecule has 116 valence electrons.